The zero-order valence-electron chi connectivity index (χ0n) is 13.6. The van der Waals surface area contributed by atoms with Crippen LogP contribution in [0.1, 0.15) is 71.0 Å². The van der Waals surface area contributed by atoms with Crippen molar-refractivity contribution < 1.29 is 0 Å². The molecule has 2 heterocycles. The van der Waals surface area contributed by atoms with Crippen molar-refractivity contribution in [3.05, 3.63) is 11.9 Å². The highest BCUT2D eigenvalue weighted by molar-refractivity contribution is 5.52. The van der Waals surface area contributed by atoms with E-state index >= 15 is 0 Å². The van der Waals surface area contributed by atoms with Crippen LogP contribution in [-0.4, -0.2) is 28.6 Å². The van der Waals surface area contributed by atoms with Gasteiger partial charge in [-0.15, -0.1) is 0 Å². The molecule has 2 unspecified atom stereocenters. The van der Waals surface area contributed by atoms with Gasteiger partial charge >= 0.3 is 0 Å². The van der Waals surface area contributed by atoms with Crippen molar-refractivity contribution in [2.75, 3.05) is 16.8 Å². The molecular weight excluding hydrogens is 260 g/mol. The van der Waals surface area contributed by atoms with Gasteiger partial charge in [0.05, 0.1) is 0 Å². The van der Waals surface area contributed by atoms with E-state index in [9.17, 15) is 0 Å². The average Bonchev–Trinajstić information content (AvgIpc) is 3.28. The fraction of sp³-hybridized carbons (Fsp3) is 0.765. The normalized spacial score (nSPS) is 25.4. The average molecular weight is 288 g/mol. The van der Waals surface area contributed by atoms with Crippen molar-refractivity contribution in [1.29, 1.82) is 0 Å². The highest BCUT2D eigenvalue weighted by atomic mass is 15.3. The molecule has 21 heavy (non-hydrogen) atoms. The standard InChI is InChI=1S/C17H28N4/c1-4-10-18-15-11-16(20-17(19-15)13-7-8-13)21-12(3)6-9-14(21)5-2/h11-14H,4-10H2,1-3H3,(H,18,19,20). The molecule has 0 aromatic carbocycles. The van der Waals surface area contributed by atoms with Gasteiger partial charge in [-0.2, -0.15) is 0 Å². The van der Waals surface area contributed by atoms with Gasteiger partial charge in [0, 0.05) is 30.6 Å². The van der Waals surface area contributed by atoms with E-state index in [1.807, 2.05) is 0 Å². The van der Waals surface area contributed by atoms with Crippen LogP contribution in [0, 0.1) is 0 Å². The van der Waals surface area contributed by atoms with Crippen molar-refractivity contribution >= 4 is 11.6 Å². The summed E-state index contributed by atoms with van der Waals surface area (Å²) in [4.78, 5) is 12.2. The maximum Gasteiger partial charge on any atom is 0.136 e. The summed E-state index contributed by atoms with van der Waals surface area (Å²) < 4.78 is 0. The lowest BCUT2D eigenvalue weighted by molar-refractivity contribution is 0.618. The summed E-state index contributed by atoms with van der Waals surface area (Å²) in [7, 11) is 0. The van der Waals surface area contributed by atoms with Crippen molar-refractivity contribution in [3.8, 4) is 0 Å². The third kappa shape index (κ3) is 3.14. The predicted octanol–water partition coefficient (Wildman–Crippen LogP) is 3.94. The summed E-state index contributed by atoms with van der Waals surface area (Å²) in [5.74, 6) is 3.81. The van der Waals surface area contributed by atoms with Crippen LogP contribution in [0.15, 0.2) is 6.07 Å². The SMILES string of the molecule is CCCNc1cc(N2C(C)CCC2CC)nc(C2CC2)n1. The van der Waals surface area contributed by atoms with E-state index < -0.39 is 0 Å². The van der Waals surface area contributed by atoms with Gasteiger partial charge in [0.1, 0.15) is 17.5 Å². The van der Waals surface area contributed by atoms with E-state index in [-0.39, 0.29) is 0 Å². The van der Waals surface area contributed by atoms with Gasteiger partial charge in [-0.05, 0) is 45.4 Å². The molecule has 1 aliphatic heterocycles. The minimum absolute atomic E-state index is 0.593. The Hall–Kier alpha value is -1.32. The smallest absolute Gasteiger partial charge is 0.136 e. The first-order valence-electron chi connectivity index (χ1n) is 8.64. The summed E-state index contributed by atoms with van der Waals surface area (Å²) in [6.07, 6.45) is 7.39. The summed E-state index contributed by atoms with van der Waals surface area (Å²) in [5, 5.41) is 3.45. The zero-order chi connectivity index (χ0) is 14.8. The van der Waals surface area contributed by atoms with Crippen molar-refractivity contribution in [3.63, 3.8) is 0 Å². The van der Waals surface area contributed by atoms with Crippen LogP contribution in [0.25, 0.3) is 0 Å². The lowest BCUT2D eigenvalue weighted by Crippen LogP contribution is -2.35. The van der Waals surface area contributed by atoms with E-state index in [2.05, 4.69) is 37.1 Å². The number of anilines is 2. The molecule has 1 aromatic rings. The molecule has 1 saturated carbocycles. The zero-order valence-corrected chi connectivity index (χ0v) is 13.6. The second kappa shape index (κ2) is 6.20. The second-order valence-corrected chi connectivity index (χ2v) is 6.57. The van der Waals surface area contributed by atoms with Crippen LogP contribution >= 0.6 is 0 Å². The molecule has 2 atom stereocenters. The van der Waals surface area contributed by atoms with Crippen LogP contribution in [0.3, 0.4) is 0 Å². The van der Waals surface area contributed by atoms with Crippen LogP contribution in [0.5, 0.6) is 0 Å². The third-order valence-electron chi connectivity index (χ3n) is 4.75. The molecule has 0 amide bonds. The molecule has 2 aliphatic rings. The summed E-state index contributed by atoms with van der Waals surface area (Å²) in [6, 6.07) is 3.39. The van der Waals surface area contributed by atoms with Crippen LogP contribution in [0.2, 0.25) is 0 Å². The van der Waals surface area contributed by atoms with Crippen LogP contribution in [0.4, 0.5) is 11.6 Å². The molecule has 1 N–H and O–H groups in total. The monoisotopic (exact) mass is 288 g/mol. The van der Waals surface area contributed by atoms with Crippen molar-refractivity contribution in [2.24, 2.45) is 0 Å². The maximum absolute atomic E-state index is 4.91. The van der Waals surface area contributed by atoms with Crippen molar-refractivity contribution in [1.82, 2.24) is 9.97 Å². The summed E-state index contributed by atoms with van der Waals surface area (Å²) >= 11 is 0. The molecule has 1 saturated heterocycles. The Morgan fingerprint density at radius 1 is 1.19 bits per heavy atom. The first-order valence-corrected chi connectivity index (χ1v) is 8.64. The number of hydrogen-bond acceptors (Lipinski definition) is 4. The quantitative estimate of drug-likeness (QED) is 0.860. The van der Waals surface area contributed by atoms with Gasteiger partial charge in [-0.1, -0.05) is 13.8 Å². The number of hydrogen-bond donors (Lipinski definition) is 1. The van der Waals surface area contributed by atoms with Gasteiger partial charge < -0.3 is 10.2 Å². The Bertz CT molecular complexity index is 484. The fourth-order valence-corrected chi connectivity index (χ4v) is 3.34. The van der Waals surface area contributed by atoms with Crippen LogP contribution in [-0.2, 0) is 0 Å². The van der Waals surface area contributed by atoms with E-state index in [0.29, 0.717) is 18.0 Å². The lowest BCUT2D eigenvalue weighted by atomic mass is 10.1. The van der Waals surface area contributed by atoms with Gasteiger partial charge in [0.2, 0.25) is 0 Å². The summed E-state index contributed by atoms with van der Waals surface area (Å²) in [6.45, 7) is 7.78. The Morgan fingerprint density at radius 3 is 2.67 bits per heavy atom. The number of nitrogens with one attached hydrogen (secondary N) is 1. The Morgan fingerprint density at radius 2 is 2.00 bits per heavy atom. The van der Waals surface area contributed by atoms with Gasteiger partial charge in [-0.3, -0.25) is 0 Å². The number of aromatic nitrogens is 2. The molecule has 0 spiro atoms. The Kier molecular flexibility index (Phi) is 4.32. The minimum atomic E-state index is 0.593. The van der Waals surface area contributed by atoms with E-state index in [1.54, 1.807) is 0 Å². The molecular formula is C17H28N4. The predicted molar refractivity (Wildman–Crippen MR) is 88.0 cm³/mol. The summed E-state index contributed by atoms with van der Waals surface area (Å²) in [5.41, 5.74) is 0. The maximum atomic E-state index is 4.91. The second-order valence-electron chi connectivity index (χ2n) is 6.57. The van der Waals surface area contributed by atoms with E-state index in [1.165, 1.54) is 32.1 Å². The Labute approximate surface area is 128 Å². The fourth-order valence-electron chi connectivity index (χ4n) is 3.34. The van der Waals surface area contributed by atoms with Crippen LogP contribution < -0.4 is 10.2 Å². The van der Waals surface area contributed by atoms with E-state index in [0.717, 1.165) is 30.4 Å². The molecule has 4 heteroatoms. The molecule has 4 nitrogen and oxygen atoms in total. The van der Waals surface area contributed by atoms with Gasteiger partial charge in [0.15, 0.2) is 0 Å². The molecule has 3 rings (SSSR count). The third-order valence-corrected chi connectivity index (χ3v) is 4.75. The number of rotatable bonds is 6. The molecule has 0 radical (unpaired) electrons. The molecule has 0 bridgehead atoms. The highest BCUT2D eigenvalue weighted by Gasteiger charge is 2.33. The lowest BCUT2D eigenvalue weighted by Gasteiger charge is -2.29. The largest absolute Gasteiger partial charge is 0.370 e. The highest BCUT2D eigenvalue weighted by Crippen LogP contribution is 2.40. The van der Waals surface area contributed by atoms with E-state index in [4.69, 9.17) is 9.97 Å². The van der Waals surface area contributed by atoms with Gasteiger partial charge in [-0.25, -0.2) is 9.97 Å². The topological polar surface area (TPSA) is 41.0 Å². The first kappa shape index (κ1) is 14.6. The molecule has 2 fully saturated rings. The van der Waals surface area contributed by atoms with Gasteiger partial charge in [0.25, 0.3) is 0 Å². The molecule has 1 aliphatic carbocycles. The minimum Gasteiger partial charge on any atom is -0.370 e. The number of nitrogens with zero attached hydrogens (tertiary/aromatic N) is 3. The van der Waals surface area contributed by atoms with Crippen molar-refractivity contribution in [2.45, 2.75) is 77.3 Å². The Balaban J connectivity index is 1.90. The molecule has 1 aromatic heterocycles. The first-order chi connectivity index (χ1) is 10.2. The molecule has 116 valence electrons.